The van der Waals surface area contributed by atoms with Crippen LogP contribution in [0.5, 0.6) is 0 Å². The summed E-state index contributed by atoms with van der Waals surface area (Å²) in [5.74, 6) is 0.318. The van der Waals surface area contributed by atoms with Crippen LogP contribution in [0.25, 0.3) is 0 Å². The molecule has 2 unspecified atom stereocenters. The normalized spacial score (nSPS) is 17.0. The Hall–Kier alpha value is -0.130. The van der Waals surface area contributed by atoms with E-state index in [4.69, 9.17) is 5.11 Å². The van der Waals surface area contributed by atoms with Crippen LogP contribution in [0.1, 0.15) is 27.2 Å². The summed E-state index contributed by atoms with van der Waals surface area (Å²) in [7, 11) is -1.70. The number of aliphatic hydroxyl groups excluding tert-OH is 1. The molecule has 0 saturated carbocycles. The topological polar surface area (TPSA) is 57.6 Å². The van der Waals surface area contributed by atoms with Crippen LogP contribution < -0.4 is 0 Å². The predicted molar refractivity (Wildman–Crippen MR) is 57.6 cm³/mol. The molecule has 0 bridgehead atoms. The van der Waals surface area contributed by atoms with Crippen molar-refractivity contribution in [2.75, 3.05) is 19.4 Å². The molecule has 0 aromatic rings. The van der Waals surface area contributed by atoms with Gasteiger partial charge in [-0.3, -0.25) is 0 Å². The third-order valence-corrected chi connectivity index (χ3v) is 4.74. The second-order valence-corrected chi connectivity index (χ2v) is 5.91. The van der Waals surface area contributed by atoms with Gasteiger partial charge in [0.05, 0.1) is 12.4 Å². The summed E-state index contributed by atoms with van der Waals surface area (Å²) in [6.07, 6.45) is 0.848. The molecule has 86 valence electrons. The Balaban J connectivity index is 4.46. The Morgan fingerprint density at radius 3 is 2.21 bits per heavy atom. The largest absolute Gasteiger partial charge is 0.395 e. The lowest BCUT2D eigenvalue weighted by Gasteiger charge is -2.23. The monoisotopic (exact) mass is 223 g/mol. The van der Waals surface area contributed by atoms with Crippen molar-refractivity contribution in [1.82, 2.24) is 4.31 Å². The van der Waals surface area contributed by atoms with E-state index in [-0.39, 0.29) is 24.3 Å². The highest BCUT2D eigenvalue weighted by Crippen LogP contribution is 2.11. The number of hydrogen-bond acceptors (Lipinski definition) is 3. The van der Waals surface area contributed by atoms with Gasteiger partial charge < -0.3 is 5.11 Å². The van der Waals surface area contributed by atoms with E-state index in [1.807, 2.05) is 13.8 Å². The van der Waals surface area contributed by atoms with Gasteiger partial charge in [0.15, 0.2) is 0 Å². The maximum atomic E-state index is 11.7. The first-order valence-corrected chi connectivity index (χ1v) is 6.52. The minimum atomic E-state index is -3.21. The molecule has 0 radical (unpaired) electrons. The summed E-state index contributed by atoms with van der Waals surface area (Å²) in [4.78, 5) is 0. The lowest BCUT2D eigenvalue weighted by molar-refractivity contribution is 0.213. The molecule has 0 rings (SSSR count). The smallest absolute Gasteiger partial charge is 0.214 e. The van der Waals surface area contributed by atoms with Crippen molar-refractivity contribution in [1.29, 1.82) is 0 Å². The van der Waals surface area contributed by atoms with Crippen molar-refractivity contribution in [2.45, 2.75) is 33.2 Å². The van der Waals surface area contributed by atoms with E-state index < -0.39 is 10.0 Å². The first-order chi connectivity index (χ1) is 6.35. The molecule has 5 heteroatoms. The first-order valence-electron chi connectivity index (χ1n) is 4.91. The van der Waals surface area contributed by atoms with Crippen molar-refractivity contribution >= 4 is 10.0 Å². The van der Waals surface area contributed by atoms with Crippen LogP contribution in [-0.4, -0.2) is 43.3 Å². The number of aliphatic hydroxyl groups is 1. The highest BCUT2D eigenvalue weighted by Gasteiger charge is 2.24. The molecule has 4 nitrogen and oxygen atoms in total. The zero-order valence-corrected chi connectivity index (χ0v) is 10.2. The van der Waals surface area contributed by atoms with Gasteiger partial charge in [-0.15, -0.1) is 0 Å². The highest BCUT2D eigenvalue weighted by atomic mass is 32.2. The van der Waals surface area contributed by atoms with Crippen molar-refractivity contribution < 1.29 is 13.5 Å². The van der Waals surface area contributed by atoms with Gasteiger partial charge in [0.25, 0.3) is 0 Å². The Labute approximate surface area is 87.0 Å². The van der Waals surface area contributed by atoms with Gasteiger partial charge >= 0.3 is 0 Å². The van der Waals surface area contributed by atoms with Crippen molar-refractivity contribution in [3.63, 3.8) is 0 Å². The van der Waals surface area contributed by atoms with E-state index in [0.29, 0.717) is 0 Å². The maximum Gasteiger partial charge on any atom is 0.214 e. The van der Waals surface area contributed by atoms with Crippen molar-refractivity contribution in [2.24, 2.45) is 5.92 Å². The molecule has 0 spiro atoms. The van der Waals surface area contributed by atoms with E-state index in [0.717, 1.165) is 6.42 Å². The van der Waals surface area contributed by atoms with Gasteiger partial charge in [0.2, 0.25) is 10.0 Å². The summed E-state index contributed by atoms with van der Waals surface area (Å²) in [5.41, 5.74) is 0. The van der Waals surface area contributed by atoms with Crippen molar-refractivity contribution in [3.8, 4) is 0 Å². The molecule has 0 aliphatic heterocycles. The van der Waals surface area contributed by atoms with Crippen LogP contribution in [0.15, 0.2) is 0 Å². The van der Waals surface area contributed by atoms with Crippen LogP contribution in [0.3, 0.4) is 0 Å². The van der Waals surface area contributed by atoms with Gasteiger partial charge in [-0.05, 0) is 12.8 Å². The fraction of sp³-hybridized carbons (Fsp3) is 1.00. The number of sulfonamides is 1. The van der Waals surface area contributed by atoms with Crippen LogP contribution >= 0.6 is 0 Å². The van der Waals surface area contributed by atoms with E-state index in [1.54, 1.807) is 6.92 Å². The van der Waals surface area contributed by atoms with E-state index >= 15 is 0 Å². The van der Waals surface area contributed by atoms with E-state index in [9.17, 15) is 8.42 Å². The van der Waals surface area contributed by atoms with Gasteiger partial charge in [-0.2, -0.15) is 4.31 Å². The molecule has 0 aliphatic carbocycles. The molecular weight excluding hydrogens is 202 g/mol. The summed E-state index contributed by atoms with van der Waals surface area (Å²) < 4.78 is 24.7. The lowest BCUT2D eigenvalue weighted by atomic mass is 10.2. The fourth-order valence-electron chi connectivity index (χ4n) is 0.984. The molecule has 0 fully saturated rings. The van der Waals surface area contributed by atoms with Gasteiger partial charge in [-0.1, -0.05) is 20.3 Å². The molecule has 1 N–H and O–H groups in total. The quantitative estimate of drug-likeness (QED) is 0.720. The maximum absolute atomic E-state index is 11.7. The standard InChI is InChI=1S/C9H21NO3S/c1-5-8(2)7-14(12,13)10(4)9(3)6-11/h8-9,11H,5-7H2,1-4H3. The van der Waals surface area contributed by atoms with Crippen LogP contribution in [0.2, 0.25) is 0 Å². The molecular formula is C9H21NO3S. The average Bonchev–Trinajstić information content (AvgIpc) is 2.14. The molecule has 0 amide bonds. The summed E-state index contributed by atoms with van der Waals surface area (Å²) in [6, 6.07) is -0.343. The lowest BCUT2D eigenvalue weighted by Crippen LogP contribution is -2.39. The minimum Gasteiger partial charge on any atom is -0.395 e. The van der Waals surface area contributed by atoms with Crippen LogP contribution in [0, 0.1) is 5.92 Å². The molecule has 0 heterocycles. The molecule has 0 aromatic heterocycles. The summed E-state index contributed by atoms with van der Waals surface area (Å²) in [5, 5.41) is 8.85. The zero-order valence-electron chi connectivity index (χ0n) is 9.40. The predicted octanol–water partition coefficient (Wildman–Crippen LogP) is 0.675. The third kappa shape index (κ3) is 3.94. The van der Waals surface area contributed by atoms with Gasteiger partial charge in [-0.25, -0.2) is 8.42 Å². The molecule has 2 atom stereocenters. The first kappa shape index (κ1) is 13.9. The van der Waals surface area contributed by atoms with E-state index in [2.05, 4.69) is 0 Å². The highest BCUT2D eigenvalue weighted by molar-refractivity contribution is 7.89. The third-order valence-electron chi connectivity index (χ3n) is 2.52. The Morgan fingerprint density at radius 2 is 1.86 bits per heavy atom. The Morgan fingerprint density at radius 1 is 1.36 bits per heavy atom. The zero-order chi connectivity index (χ0) is 11.4. The number of hydrogen-bond donors (Lipinski definition) is 1. The number of rotatable bonds is 6. The van der Waals surface area contributed by atoms with Gasteiger partial charge in [0.1, 0.15) is 0 Å². The van der Waals surface area contributed by atoms with E-state index in [1.165, 1.54) is 11.4 Å². The van der Waals surface area contributed by atoms with Crippen LogP contribution in [-0.2, 0) is 10.0 Å². The van der Waals surface area contributed by atoms with Crippen molar-refractivity contribution in [3.05, 3.63) is 0 Å². The second-order valence-electron chi connectivity index (χ2n) is 3.84. The summed E-state index contributed by atoms with van der Waals surface area (Å²) in [6.45, 7) is 5.43. The SMILES string of the molecule is CCC(C)CS(=O)(=O)N(C)C(C)CO. The fourth-order valence-corrected chi connectivity index (χ4v) is 2.79. The summed E-state index contributed by atoms with van der Waals surface area (Å²) >= 11 is 0. The molecule has 14 heavy (non-hydrogen) atoms. The number of likely N-dealkylation sites (N-methyl/N-ethyl adjacent to an activating group) is 1. The number of nitrogens with zero attached hydrogens (tertiary/aromatic N) is 1. The molecule has 0 aromatic carbocycles. The van der Waals surface area contributed by atoms with Gasteiger partial charge in [0, 0.05) is 13.1 Å². The second kappa shape index (κ2) is 5.68. The Bertz CT molecular complexity index is 251. The Kier molecular flexibility index (Phi) is 5.63. The van der Waals surface area contributed by atoms with Crippen LogP contribution in [0.4, 0.5) is 0 Å². The average molecular weight is 223 g/mol. The molecule has 0 aliphatic rings. The molecule has 0 saturated heterocycles. The minimum absolute atomic E-state index is 0.143.